The van der Waals surface area contributed by atoms with Crippen LogP contribution in [0.3, 0.4) is 0 Å². The Balaban J connectivity index is 2.21. The maximum atomic E-state index is 4.56. The quantitative estimate of drug-likeness (QED) is 0.664. The van der Waals surface area contributed by atoms with E-state index >= 15 is 0 Å². The highest BCUT2D eigenvalue weighted by molar-refractivity contribution is 7.81. The van der Waals surface area contributed by atoms with Gasteiger partial charge in [-0.05, 0) is 31.8 Å². The van der Waals surface area contributed by atoms with E-state index in [0.717, 1.165) is 5.92 Å². The summed E-state index contributed by atoms with van der Waals surface area (Å²) in [6.07, 6.45) is 3.94. The minimum Gasteiger partial charge on any atom is -0.303 e. The fourth-order valence-corrected chi connectivity index (χ4v) is 2.01. The van der Waals surface area contributed by atoms with E-state index in [1.807, 2.05) is 0 Å². The smallest absolute Gasteiger partial charge is 0.00667 e. The molecule has 0 spiro atoms. The predicted molar refractivity (Wildman–Crippen MR) is 57.9 cm³/mol. The minimum absolute atomic E-state index is 0.642. The molecule has 12 heavy (non-hydrogen) atoms. The standard InChI is InChI=1S/C10H21NS/c1-3-4-6-11-7-5-10(12)9(2)8-11/h9-10,12H,3-8H2,1-2H3. The molecule has 0 aromatic carbocycles. The van der Waals surface area contributed by atoms with Gasteiger partial charge in [0.2, 0.25) is 0 Å². The second kappa shape index (κ2) is 5.13. The van der Waals surface area contributed by atoms with Crippen LogP contribution < -0.4 is 0 Å². The molecule has 1 nitrogen and oxygen atoms in total. The van der Waals surface area contributed by atoms with Crippen molar-refractivity contribution < 1.29 is 0 Å². The van der Waals surface area contributed by atoms with Gasteiger partial charge in [0.15, 0.2) is 0 Å². The summed E-state index contributed by atoms with van der Waals surface area (Å²) in [5.41, 5.74) is 0. The van der Waals surface area contributed by atoms with Gasteiger partial charge >= 0.3 is 0 Å². The van der Waals surface area contributed by atoms with Crippen LogP contribution in [0.15, 0.2) is 0 Å². The number of hydrogen-bond donors (Lipinski definition) is 1. The van der Waals surface area contributed by atoms with Crippen LogP contribution in [0.1, 0.15) is 33.1 Å². The van der Waals surface area contributed by atoms with Crippen molar-refractivity contribution in [3.05, 3.63) is 0 Å². The molecular formula is C10H21NS. The molecule has 1 heterocycles. The molecular weight excluding hydrogens is 166 g/mol. The Hall–Kier alpha value is 0.310. The van der Waals surface area contributed by atoms with Crippen LogP contribution in [0, 0.1) is 5.92 Å². The Kier molecular flexibility index (Phi) is 4.44. The maximum Gasteiger partial charge on any atom is 0.00667 e. The van der Waals surface area contributed by atoms with Crippen LogP contribution in [-0.4, -0.2) is 29.8 Å². The molecule has 0 saturated carbocycles. The zero-order valence-corrected chi connectivity index (χ0v) is 9.19. The molecule has 2 atom stereocenters. The second-order valence-electron chi connectivity index (χ2n) is 3.99. The van der Waals surface area contributed by atoms with Gasteiger partial charge in [0.25, 0.3) is 0 Å². The van der Waals surface area contributed by atoms with E-state index in [1.165, 1.54) is 38.9 Å². The summed E-state index contributed by atoms with van der Waals surface area (Å²) in [4.78, 5) is 2.58. The lowest BCUT2D eigenvalue weighted by molar-refractivity contribution is 0.187. The average Bonchev–Trinajstić information content (AvgIpc) is 2.07. The zero-order valence-electron chi connectivity index (χ0n) is 8.29. The van der Waals surface area contributed by atoms with Crippen LogP contribution in [0.5, 0.6) is 0 Å². The molecule has 1 fully saturated rings. The van der Waals surface area contributed by atoms with Crippen LogP contribution in [-0.2, 0) is 0 Å². The molecule has 0 aliphatic carbocycles. The average molecular weight is 187 g/mol. The lowest BCUT2D eigenvalue weighted by Crippen LogP contribution is -2.40. The van der Waals surface area contributed by atoms with Gasteiger partial charge < -0.3 is 4.90 Å². The monoisotopic (exact) mass is 187 g/mol. The largest absolute Gasteiger partial charge is 0.303 e. The number of rotatable bonds is 3. The lowest BCUT2D eigenvalue weighted by atomic mass is 9.99. The summed E-state index contributed by atoms with van der Waals surface area (Å²) >= 11 is 4.56. The summed E-state index contributed by atoms with van der Waals surface area (Å²) < 4.78 is 0. The Bertz CT molecular complexity index is 125. The Morgan fingerprint density at radius 3 is 2.83 bits per heavy atom. The van der Waals surface area contributed by atoms with E-state index in [-0.39, 0.29) is 0 Å². The maximum absolute atomic E-state index is 4.56. The van der Waals surface area contributed by atoms with Crippen molar-refractivity contribution in [2.24, 2.45) is 5.92 Å². The first-order chi connectivity index (χ1) is 5.74. The van der Waals surface area contributed by atoms with Gasteiger partial charge in [-0.3, -0.25) is 0 Å². The second-order valence-corrected chi connectivity index (χ2v) is 4.65. The van der Waals surface area contributed by atoms with Gasteiger partial charge in [-0.15, -0.1) is 0 Å². The van der Waals surface area contributed by atoms with E-state index in [4.69, 9.17) is 0 Å². The van der Waals surface area contributed by atoms with Crippen molar-refractivity contribution in [3.8, 4) is 0 Å². The number of likely N-dealkylation sites (tertiary alicyclic amines) is 1. The molecule has 2 heteroatoms. The van der Waals surface area contributed by atoms with E-state index in [1.54, 1.807) is 0 Å². The Morgan fingerprint density at radius 2 is 2.25 bits per heavy atom. The molecule has 0 radical (unpaired) electrons. The molecule has 1 saturated heterocycles. The van der Waals surface area contributed by atoms with E-state index in [0.29, 0.717) is 5.25 Å². The third-order valence-electron chi connectivity index (χ3n) is 2.77. The fraction of sp³-hybridized carbons (Fsp3) is 1.00. The topological polar surface area (TPSA) is 3.24 Å². The van der Waals surface area contributed by atoms with Crippen LogP contribution in [0.25, 0.3) is 0 Å². The number of hydrogen-bond acceptors (Lipinski definition) is 2. The summed E-state index contributed by atoms with van der Waals surface area (Å²) in [7, 11) is 0. The molecule has 1 rings (SSSR count). The fourth-order valence-electron chi connectivity index (χ4n) is 1.80. The summed E-state index contributed by atoms with van der Waals surface area (Å²) in [5, 5.41) is 0.642. The van der Waals surface area contributed by atoms with Gasteiger partial charge in [-0.2, -0.15) is 12.6 Å². The first kappa shape index (κ1) is 10.4. The van der Waals surface area contributed by atoms with Crippen molar-refractivity contribution in [2.45, 2.75) is 38.4 Å². The Morgan fingerprint density at radius 1 is 1.50 bits per heavy atom. The number of thiol groups is 1. The van der Waals surface area contributed by atoms with Crippen LogP contribution >= 0.6 is 12.6 Å². The molecule has 0 aromatic rings. The third kappa shape index (κ3) is 2.98. The van der Waals surface area contributed by atoms with Gasteiger partial charge in [0.05, 0.1) is 0 Å². The van der Waals surface area contributed by atoms with E-state index in [2.05, 4.69) is 31.4 Å². The molecule has 1 aliphatic heterocycles. The van der Waals surface area contributed by atoms with Gasteiger partial charge in [-0.1, -0.05) is 20.3 Å². The molecule has 0 aromatic heterocycles. The molecule has 0 bridgehead atoms. The van der Waals surface area contributed by atoms with Crippen molar-refractivity contribution in [2.75, 3.05) is 19.6 Å². The summed E-state index contributed by atoms with van der Waals surface area (Å²) in [6, 6.07) is 0. The Labute approximate surface area is 81.9 Å². The number of nitrogens with zero attached hydrogens (tertiary/aromatic N) is 1. The van der Waals surface area contributed by atoms with Crippen molar-refractivity contribution >= 4 is 12.6 Å². The summed E-state index contributed by atoms with van der Waals surface area (Å²) in [6.45, 7) is 8.39. The minimum atomic E-state index is 0.642. The number of unbranched alkanes of at least 4 members (excludes halogenated alkanes) is 1. The van der Waals surface area contributed by atoms with Gasteiger partial charge in [-0.25, -0.2) is 0 Å². The molecule has 1 aliphatic rings. The zero-order chi connectivity index (χ0) is 8.97. The van der Waals surface area contributed by atoms with Crippen molar-refractivity contribution in [1.82, 2.24) is 4.90 Å². The highest BCUT2D eigenvalue weighted by Gasteiger charge is 2.22. The number of piperidine rings is 1. The molecule has 0 N–H and O–H groups in total. The first-order valence-corrected chi connectivity index (χ1v) is 5.66. The lowest BCUT2D eigenvalue weighted by Gasteiger charge is -2.34. The van der Waals surface area contributed by atoms with Gasteiger partial charge in [0.1, 0.15) is 0 Å². The molecule has 72 valence electrons. The molecule has 2 unspecified atom stereocenters. The normalized spacial score (nSPS) is 32.2. The predicted octanol–water partition coefficient (Wildman–Crippen LogP) is 2.43. The van der Waals surface area contributed by atoms with E-state index in [9.17, 15) is 0 Å². The first-order valence-electron chi connectivity index (χ1n) is 5.14. The van der Waals surface area contributed by atoms with E-state index < -0.39 is 0 Å². The van der Waals surface area contributed by atoms with Crippen molar-refractivity contribution in [3.63, 3.8) is 0 Å². The third-order valence-corrected chi connectivity index (χ3v) is 3.54. The highest BCUT2D eigenvalue weighted by atomic mass is 32.1. The highest BCUT2D eigenvalue weighted by Crippen LogP contribution is 2.21. The van der Waals surface area contributed by atoms with Crippen LogP contribution in [0.4, 0.5) is 0 Å². The van der Waals surface area contributed by atoms with Crippen molar-refractivity contribution in [1.29, 1.82) is 0 Å². The molecule has 0 amide bonds. The summed E-state index contributed by atoms with van der Waals surface area (Å²) in [5.74, 6) is 0.777. The van der Waals surface area contributed by atoms with Crippen LogP contribution in [0.2, 0.25) is 0 Å². The SMILES string of the molecule is CCCCN1CCC(S)C(C)C1. The van der Waals surface area contributed by atoms with Gasteiger partial charge in [0, 0.05) is 11.8 Å².